The molecule has 1 N–H and O–H groups in total. The van der Waals surface area contributed by atoms with Gasteiger partial charge in [-0.2, -0.15) is 13.2 Å². The minimum atomic E-state index is -4.50. The number of likely N-dealkylation sites (tertiary alicyclic amines) is 1. The van der Waals surface area contributed by atoms with Gasteiger partial charge in [-0.25, -0.2) is 0 Å². The molecule has 2 aliphatic rings. The Kier molecular flexibility index (Phi) is 4.62. The lowest BCUT2D eigenvalue weighted by atomic mass is 10.0. The van der Waals surface area contributed by atoms with Crippen LogP contribution in [0.1, 0.15) is 41.6 Å². The number of nitrogens with one attached hydrogen (secondary N) is 1. The molecule has 0 radical (unpaired) electrons. The van der Waals surface area contributed by atoms with Crippen molar-refractivity contribution in [3.63, 3.8) is 0 Å². The van der Waals surface area contributed by atoms with Crippen molar-refractivity contribution in [1.29, 1.82) is 0 Å². The molecule has 0 aromatic heterocycles. The average molecular weight is 326 g/mol. The van der Waals surface area contributed by atoms with Gasteiger partial charge >= 0.3 is 6.18 Å². The first kappa shape index (κ1) is 16.3. The van der Waals surface area contributed by atoms with Crippen molar-refractivity contribution >= 4 is 5.91 Å². The van der Waals surface area contributed by atoms with E-state index in [1.807, 2.05) is 0 Å². The van der Waals surface area contributed by atoms with Gasteiger partial charge in [0.15, 0.2) is 0 Å². The number of hydrogen-bond donors (Lipinski definition) is 1. The van der Waals surface area contributed by atoms with Crippen molar-refractivity contribution in [2.75, 3.05) is 19.6 Å². The largest absolute Gasteiger partial charge is 0.417 e. The van der Waals surface area contributed by atoms with Gasteiger partial charge in [0.1, 0.15) is 0 Å². The molecule has 1 saturated carbocycles. The number of piperidine rings is 1. The lowest BCUT2D eigenvalue weighted by Gasteiger charge is -2.33. The number of halogens is 3. The van der Waals surface area contributed by atoms with Crippen LogP contribution in [0.5, 0.6) is 0 Å². The van der Waals surface area contributed by atoms with Crippen molar-refractivity contribution in [2.45, 2.75) is 37.9 Å². The van der Waals surface area contributed by atoms with Crippen LogP contribution < -0.4 is 5.32 Å². The Labute approximate surface area is 133 Å². The van der Waals surface area contributed by atoms with Crippen molar-refractivity contribution in [2.24, 2.45) is 5.92 Å². The molecule has 1 aliphatic heterocycles. The highest BCUT2D eigenvalue weighted by atomic mass is 19.4. The molecule has 2 fully saturated rings. The highest BCUT2D eigenvalue weighted by Crippen LogP contribution is 2.33. The lowest BCUT2D eigenvalue weighted by Crippen LogP contribution is -2.45. The molecule has 0 atom stereocenters. The molecule has 126 valence electrons. The van der Waals surface area contributed by atoms with Gasteiger partial charge in [0.2, 0.25) is 0 Å². The molecule has 1 aromatic rings. The summed E-state index contributed by atoms with van der Waals surface area (Å²) in [6, 6.07) is 5.40. The van der Waals surface area contributed by atoms with Gasteiger partial charge in [-0.3, -0.25) is 4.79 Å². The van der Waals surface area contributed by atoms with E-state index in [4.69, 9.17) is 0 Å². The zero-order valence-corrected chi connectivity index (χ0v) is 12.9. The van der Waals surface area contributed by atoms with Crippen LogP contribution in [0.25, 0.3) is 0 Å². The highest BCUT2D eigenvalue weighted by molar-refractivity contribution is 5.96. The molecule has 1 aliphatic carbocycles. The smallest absolute Gasteiger partial charge is 0.339 e. The quantitative estimate of drug-likeness (QED) is 0.921. The van der Waals surface area contributed by atoms with E-state index >= 15 is 0 Å². The van der Waals surface area contributed by atoms with Gasteiger partial charge in [-0.1, -0.05) is 12.1 Å². The van der Waals surface area contributed by atoms with E-state index in [-0.39, 0.29) is 5.56 Å². The van der Waals surface area contributed by atoms with Gasteiger partial charge in [0, 0.05) is 19.1 Å². The molecule has 3 rings (SSSR count). The second-order valence-electron chi connectivity index (χ2n) is 6.46. The number of carbonyl (C=O) groups excluding carboxylic acids is 1. The molecule has 0 spiro atoms. The number of nitrogens with zero attached hydrogens (tertiary/aromatic N) is 1. The van der Waals surface area contributed by atoms with E-state index < -0.39 is 17.6 Å². The third kappa shape index (κ3) is 4.05. The molecule has 6 heteroatoms. The predicted octanol–water partition coefficient (Wildman–Crippen LogP) is 3.31. The fourth-order valence-electron chi connectivity index (χ4n) is 3.03. The Balaban J connectivity index is 1.61. The van der Waals surface area contributed by atoms with Crippen molar-refractivity contribution in [1.82, 2.24) is 10.2 Å². The minimum Gasteiger partial charge on any atom is -0.339 e. The fourth-order valence-corrected chi connectivity index (χ4v) is 3.03. The molecule has 3 nitrogen and oxygen atoms in total. The van der Waals surface area contributed by atoms with Crippen LogP contribution >= 0.6 is 0 Å². The van der Waals surface area contributed by atoms with E-state index in [1.165, 1.54) is 31.0 Å². The van der Waals surface area contributed by atoms with Crippen LogP contribution in [0.3, 0.4) is 0 Å². The summed E-state index contributed by atoms with van der Waals surface area (Å²) in [7, 11) is 0. The Morgan fingerprint density at radius 3 is 2.39 bits per heavy atom. The minimum absolute atomic E-state index is 0.246. The van der Waals surface area contributed by atoms with Crippen molar-refractivity contribution in [3.05, 3.63) is 35.4 Å². The number of alkyl halides is 3. The van der Waals surface area contributed by atoms with Crippen LogP contribution in [-0.2, 0) is 6.18 Å². The fraction of sp³-hybridized carbons (Fsp3) is 0.588. The van der Waals surface area contributed by atoms with Gasteiger partial charge in [0.25, 0.3) is 5.91 Å². The average Bonchev–Trinajstić information content (AvgIpc) is 3.36. The van der Waals surface area contributed by atoms with Gasteiger partial charge < -0.3 is 10.2 Å². The maximum atomic E-state index is 13.0. The monoisotopic (exact) mass is 326 g/mol. The first-order chi connectivity index (χ1) is 10.9. The molecular weight excluding hydrogens is 305 g/mol. The Morgan fingerprint density at radius 2 is 1.78 bits per heavy atom. The highest BCUT2D eigenvalue weighted by Gasteiger charge is 2.36. The van der Waals surface area contributed by atoms with Crippen LogP contribution in [0.4, 0.5) is 13.2 Å². The van der Waals surface area contributed by atoms with Gasteiger partial charge in [-0.05, 0) is 50.3 Å². The Hall–Kier alpha value is -1.56. The summed E-state index contributed by atoms with van der Waals surface area (Å²) >= 11 is 0. The molecule has 1 amide bonds. The number of carbonyl (C=O) groups is 1. The molecule has 1 heterocycles. The first-order valence-electron chi connectivity index (χ1n) is 8.14. The summed E-state index contributed by atoms with van der Waals surface area (Å²) < 4.78 is 39.1. The van der Waals surface area contributed by atoms with E-state index in [1.54, 1.807) is 4.90 Å². The number of amides is 1. The summed E-state index contributed by atoms with van der Waals surface area (Å²) in [5.41, 5.74) is -1.09. The zero-order chi connectivity index (χ0) is 16.4. The second-order valence-corrected chi connectivity index (χ2v) is 6.46. The summed E-state index contributed by atoms with van der Waals surface area (Å²) in [6.07, 6.45) is -0.327. The number of hydrogen-bond acceptors (Lipinski definition) is 2. The zero-order valence-electron chi connectivity index (χ0n) is 12.9. The topological polar surface area (TPSA) is 32.3 Å². The van der Waals surface area contributed by atoms with Crippen molar-refractivity contribution in [3.8, 4) is 0 Å². The third-order valence-electron chi connectivity index (χ3n) is 4.64. The molecule has 1 saturated heterocycles. The van der Waals surface area contributed by atoms with Crippen LogP contribution in [-0.4, -0.2) is 36.5 Å². The lowest BCUT2D eigenvalue weighted by molar-refractivity contribution is -0.138. The maximum absolute atomic E-state index is 13.0. The van der Waals surface area contributed by atoms with Crippen molar-refractivity contribution < 1.29 is 18.0 Å². The normalized spacial score (nSPS) is 19.9. The first-order valence-corrected chi connectivity index (χ1v) is 8.14. The van der Waals surface area contributed by atoms with Crippen LogP contribution in [0, 0.1) is 5.92 Å². The Bertz CT molecular complexity index is 561. The number of rotatable bonds is 4. The van der Waals surface area contributed by atoms with Crippen LogP contribution in [0.15, 0.2) is 24.3 Å². The molecule has 23 heavy (non-hydrogen) atoms. The molecule has 0 unspecified atom stereocenters. The standard InChI is InChI=1S/C17H21F3N2O/c18-17(19,20)15-4-2-1-3-14(15)16(23)22-9-7-13(8-10-22)21-11-12-5-6-12/h1-4,12-13,21H,5-11H2. The molecule has 0 bridgehead atoms. The summed E-state index contributed by atoms with van der Waals surface area (Å²) in [5.74, 6) is 0.284. The SMILES string of the molecule is O=C(c1ccccc1C(F)(F)F)N1CCC(NCC2CC2)CC1. The van der Waals surface area contributed by atoms with Crippen LogP contribution in [0.2, 0.25) is 0 Å². The van der Waals surface area contributed by atoms with E-state index in [9.17, 15) is 18.0 Å². The van der Waals surface area contributed by atoms with E-state index in [0.29, 0.717) is 19.1 Å². The summed E-state index contributed by atoms with van der Waals surface area (Å²) in [6.45, 7) is 2.04. The third-order valence-corrected chi connectivity index (χ3v) is 4.64. The second kappa shape index (κ2) is 6.51. The molecule has 1 aromatic carbocycles. The maximum Gasteiger partial charge on any atom is 0.417 e. The van der Waals surface area contributed by atoms with E-state index in [2.05, 4.69) is 5.32 Å². The molecular formula is C17H21F3N2O. The summed E-state index contributed by atoms with van der Waals surface area (Å²) in [5, 5.41) is 3.50. The van der Waals surface area contributed by atoms with Gasteiger partial charge in [0.05, 0.1) is 11.1 Å². The predicted molar refractivity (Wildman–Crippen MR) is 81.1 cm³/mol. The Morgan fingerprint density at radius 1 is 1.13 bits per heavy atom. The number of benzene rings is 1. The van der Waals surface area contributed by atoms with Gasteiger partial charge in [-0.15, -0.1) is 0 Å². The summed E-state index contributed by atoms with van der Waals surface area (Å²) in [4.78, 5) is 14.0. The van der Waals surface area contributed by atoms with E-state index in [0.717, 1.165) is 31.4 Å².